The molecule has 0 saturated carbocycles. The molecule has 1 saturated heterocycles. The van der Waals surface area contributed by atoms with Gasteiger partial charge in [0.1, 0.15) is 11.6 Å². The van der Waals surface area contributed by atoms with Gasteiger partial charge in [-0.1, -0.05) is 26.0 Å². The number of pyridine rings is 2. The van der Waals surface area contributed by atoms with Crippen LogP contribution in [-0.2, 0) is 12.0 Å². The summed E-state index contributed by atoms with van der Waals surface area (Å²) >= 11 is 0. The molecule has 1 aromatic carbocycles. The molecule has 0 atom stereocenters. The van der Waals surface area contributed by atoms with Crippen molar-refractivity contribution in [2.24, 2.45) is 5.92 Å². The zero-order valence-corrected chi connectivity index (χ0v) is 21.1. The summed E-state index contributed by atoms with van der Waals surface area (Å²) in [6.45, 7) is 7.53. The number of piperidine rings is 1. The smallest absolute Gasteiger partial charge is 0.259 e. The Bertz CT molecular complexity index is 1140. The average Bonchev–Trinajstić information content (AvgIpc) is 2.88. The van der Waals surface area contributed by atoms with Gasteiger partial charge in [0.25, 0.3) is 5.91 Å². The summed E-state index contributed by atoms with van der Waals surface area (Å²) in [5.74, 6) is 1.82. The normalized spacial score (nSPS) is 15.0. The van der Waals surface area contributed by atoms with Gasteiger partial charge in [0.2, 0.25) is 0 Å². The van der Waals surface area contributed by atoms with E-state index >= 15 is 0 Å². The van der Waals surface area contributed by atoms with Gasteiger partial charge < -0.3 is 20.9 Å². The Balaban J connectivity index is 1.41. The first-order chi connectivity index (χ1) is 16.9. The number of rotatable bonds is 8. The van der Waals surface area contributed by atoms with E-state index in [1.54, 1.807) is 24.5 Å². The Labute approximate surface area is 208 Å². The third-order valence-corrected chi connectivity index (χ3v) is 7.22. The van der Waals surface area contributed by atoms with Gasteiger partial charge in [0.05, 0.1) is 5.56 Å². The van der Waals surface area contributed by atoms with Crippen molar-refractivity contribution in [3.05, 3.63) is 77.6 Å². The Morgan fingerprint density at radius 2 is 1.80 bits per heavy atom. The molecule has 7 nitrogen and oxygen atoms in total. The van der Waals surface area contributed by atoms with Crippen LogP contribution in [0.3, 0.4) is 0 Å². The number of hydrogen-bond acceptors (Lipinski definition) is 6. The molecule has 3 aromatic rings. The molecule has 3 N–H and O–H groups in total. The number of nitrogens with one attached hydrogen (secondary N) is 3. The highest BCUT2D eigenvalue weighted by molar-refractivity contribution is 6.07. The number of amides is 1. The molecule has 0 unspecified atom stereocenters. The highest BCUT2D eigenvalue weighted by atomic mass is 16.1. The third kappa shape index (κ3) is 5.98. The predicted octanol–water partition coefficient (Wildman–Crippen LogP) is 5.00. The molecule has 0 aliphatic carbocycles. The Kier molecular flexibility index (Phi) is 7.66. The van der Waals surface area contributed by atoms with E-state index in [4.69, 9.17) is 0 Å². The van der Waals surface area contributed by atoms with E-state index in [1.165, 1.54) is 18.4 Å². The van der Waals surface area contributed by atoms with Gasteiger partial charge in [-0.15, -0.1) is 0 Å². The summed E-state index contributed by atoms with van der Waals surface area (Å²) in [6, 6.07) is 15.8. The van der Waals surface area contributed by atoms with Gasteiger partial charge in [0, 0.05) is 31.7 Å². The van der Waals surface area contributed by atoms with Crippen LogP contribution in [0.5, 0.6) is 0 Å². The molecule has 1 aliphatic rings. The predicted molar refractivity (Wildman–Crippen MR) is 143 cm³/mol. The van der Waals surface area contributed by atoms with E-state index in [2.05, 4.69) is 63.8 Å². The van der Waals surface area contributed by atoms with Crippen LogP contribution in [0.2, 0.25) is 0 Å². The summed E-state index contributed by atoms with van der Waals surface area (Å²) in [4.78, 5) is 24.1. The molecule has 1 fully saturated rings. The fraction of sp³-hybridized carbons (Fsp3) is 0.393. The monoisotopic (exact) mass is 472 g/mol. The van der Waals surface area contributed by atoms with Gasteiger partial charge in [-0.3, -0.25) is 4.79 Å². The van der Waals surface area contributed by atoms with Crippen LogP contribution in [0.1, 0.15) is 48.2 Å². The highest BCUT2D eigenvalue weighted by Crippen LogP contribution is 2.38. The molecule has 35 heavy (non-hydrogen) atoms. The maximum Gasteiger partial charge on any atom is 0.259 e. The second-order valence-electron chi connectivity index (χ2n) is 9.88. The fourth-order valence-electron chi connectivity index (χ4n) is 4.78. The number of carbonyl (C=O) groups is 1. The first kappa shape index (κ1) is 24.7. The van der Waals surface area contributed by atoms with Crippen LogP contribution < -0.4 is 16.0 Å². The molecule has 184 valence electrons. The van der Waals surface area contributed by atoms with E-state index in [1.807, 2.05) is 31.3 Å². The van der Waals surface area contributed by atoms with Crippen molar-refractivity contribution in [1.82, 2.24) is 14.9 Å². The van der Waals surface area contributed by atoms with Crippen molar-refractivity contribution in [1.29, 1.82) is 0 Å². The maximum atomic E-state index is 13.1. The van der Waals surface area contributed by atoms with Crippen LogP contribution in [0, 0.1) is 5.92 Å². The molecule has 1 aliphatic heterocycles. The van der Waals surface area contributed by atoms with Crippen LogP contribution in [0.25, 0.3) is 0 Å². The second kappa shape index (κ2) is 10.9. The number of anilines is 3. The van der Waals surface area contributed by atoms with Gasteiger partial charge in [0.15, 0.2) is 0 Å². The van der Waals surface area contributed by atoms with E-state index in [0.717, 1.165) is 30.2 Å². The molecule has 7 heteroatoms. The van der Waals surface area contributed by atoms with E-state index in [9.17, 15) is 4.79 Å². The maximum absolute atomic E-state index is 13.1. The molecule has 0 bridgehead atoms. The van der Waals surface area contributed by atoms with Crippen LogP contribution in [0.4, 0.5) is 17.3 Å². The number of aromatic nitrogens is 2. The van der Waals surface area contributed by atoms with Crippen LogP contribution >= 0.6 is 0 Å². The summed E-state index contributed by atoms with van der Waals surface area (Å²) in [5, 5.41) is 9.35. The van der Waals surface area contributed by atoms with Gasteiger partial charge in [-0.2, -0.15) is 0 Å². The number of carbonyl (C=O) groups excluding carboxylic acids is 1. The van der Waals surface area contributed by atoms with Crippen molar-refractivity contribution in [3.8, 4) is 0 Å². The standard InChI is InChI=1S/C28H36N6O/c1-28(2,22-12-16-34(4)17-13-22)21-7-9-23(10-8-21)33-27(35)24-6-5-14-31-26(24)32-19-20-11-15-30-25(18-20)29-3/h5-11,14-15,18,22H,12-13,16-17,19H2,1-4H3,(H,29,30)(H,31,32)(H,33,35). The Morgan fingerprint density at radius 1 is 1.06 bits per heavy atom. The van der Waals surface area contributed by atoms with Gasteiger partial charge in [-0.05, 0) is 91.8 Å². The quantitative estimate of drug-likeness (QED) is 0.428. The summed E-state index contributed by atoms with van der Waals surface area (Å²) < 4.78 is 0. The minimum atomic E-state index is -0.187. The minimum Gasteiger partial charge on any atom is -0.373 e. The highest BCUT2D eigenvalue weighted by Gasteiger charge is 2.33. The topological polar surface area (TPSA) is 82.2 Å². The molecule has 0 radical (unpaired) electrons. The molecular weight excluding hydrogens is 436 g/mol. The van der Waals surface area contributed by atoms with Crippen molar-refractivity contribution in [2.45, 2.75) is 38.6 Å². The first-order valence-electron chi connectivity index (χ1n) is 12.3. The van der Waals surface area contributed by atoms with E-state index in [-0.39, 0.29) is 11.3 Å². The molecule has 1 amide bonds. The molecular formula is C28H36N6O. The fourth-order valence-corrected chi connectivity index (χ4v) is 4.78. The van der Waals surface area contributed by atoms with Gasteiger partial charge >= 0.3 is 0 Å². The lowest BCUT2D eigenvalue weighted by Gasteiger charge is -2.40. The Morgan fingerprint density at radius 3 is 2.51 bits per heavy atom. The van der Waals surface area contributed by atoms with Crippen LogP contribution in [-0.4, -0.2) is 48.0 Å². The number of likely N-dealkylation sites (tertiary alicyclic amines) is 1. The molecule has 3 heterocycles. The zero-order chi connectivity index (χ0) is 24.8. The lowest BCUT2D eigenvalue weighted by Crippen LogP contribution is -2.39. The van der Waals surface area contributed by atoms with Crippen molar-refractivity contribution >= 4 is 23.2 Å². The Hall–Kier alpha value is -3.45. The summed E-state index contributed by atoms with van der Waals surface area (Å²) in [6.07, 6.45) is 5.88. The second-order valence-corrected chi connectivity index (χ2v) is 9.88. The molecule has 2 aromatic heterocycles. The van der Waals surface area contributed by atoms with E-state index < -0.39 is 0 Å². The first-order valence-corrected chi connectivity index (χ1v) is 12.3. The molecule has 0 spiro atoms. The molecule has 4 rings (SSSR count). The number of benzene rings is 1. The van der Waals surface area contributed by atoms with Gasteiger partial charge in [-0.25, -0.2) is 9.97 Å². The number of hydrogen-bond donors (Lipinski definition) is 3. The SMILES string of the molecule is CNc1cc(CNc2ncccc2C(=O)Nc2ccc(C(C)(C)C3CCN(C)CC3)cc2)ccn1. The van der Waals surface area contributed by atoms with Crippen molar-refractivity contribution < 1.29 is 4.79 Å². The summed E-state index contributed by atoms with van der Waals surface area (Å²) in [5.41, 5.74) is 3.74. The summed E-state index contributed by atoms with van der Waals surface area (Å²) in [7, 11) is 4.03. The number of nitrogens with zero attached hydrogens (tertiary/aromatic N) is 3. The van der Waals surface area contributed by atoms with Crippen molar-refractivity contribution in [2.75, 3.05) is 43.1 Å². The third-order valence-electron chi connectivity index (χ3n) is 7.22. The van der Waals surface area contributed by atoms with Crippen LogP contribution in [0.15, 0.2) is 60.9 Å². The lowest BCUT2D eigenvalue weighted by molar-refractivity contribution is 0.102. The lowest BCUT2D eigenvalue weighted by atomic mass is 9.69. The minimum absolute atomic E-state index is 0.102. The average molecular weight is 473 g/mol. The van der Waals surface area contributed by atoms with Crippen molar-refractivity contribution in [3.63, 3.8) is 0 Å². The largest absolute Gasteiger partial charge is 0.373 e. The van der Waals surface area contributed by atoms with E-state index in [0.29, 0.717) is 23.8 Å². The zero-order valence-electron chi connectivity index (χ0n) is 21.1.